The third-order valence-electron chi connectivity index (χ3n) is 5.63. The fourth-order valence-corrected chi connectivity index (χ4v) is 4.49. The van der Waals surface area contributed by atoms with E-state index in [0.29, 0.717) is 33.8 Å². The summed E-state index contributed by atoms with van der Waals surface area (Å²) in [5.41, 5.74) is 3.14. The summed E-state index contributed by atoms with van der Waals surface area (Å²) in [6, 6.07) is 21.2. The number of carbonyl (C=O) groups excluding carboxylic acids is 2. The molecule has 0 aliphatic carbocycles. The van der Waals surface area contributed by atoms with Crippen LogP contribution >= 0.6 is 23.8 Å². The molecule has 8 heteroatoms. The van der Waals surface area contributed by atoms with E-state index >= 15 is 0 Å². The van der Waals surface area contributed by atoms with Gasteiger partial charge in [-0.1, -0.05) is 41.9 Å². The second kappa shape index (κ2) is 10.2. The number of nitrogens with one attached hydrogen (secondary N) is 1. The van der Waals surface area contributed by atoms with Crippen LogP contribution in [-0.2, 0) is 16.1 Å². The molecular formula is C26H24ClN3O3S. The molecule has 0 saturated carbocycles. The maximum atomic E-state index is 13.6. The van der Waals surface area contributed by atoms with E-state index in [0.717, 1.165) is 11.1 Å². The molecule has 0 bridgehead atoms. The predicted molar refractivity (Wildman–Crippen MR) is 138 cm³/mol. The van der Waals surface area contributed by atoms with E-state index in [-0.39, 0.29) is 18.2 Å². The molecule has 3 aromatic carbocycles. The first kappa shape index (κ1) is 23.7. The Kier molecular flexibility index (Phi) is 7.14. The number of halogens is 1. The molecular weight excluding hydrogens is 470 g/mol. The molecule has 3 aromatic rings. The van der Waals surface area contributed by atoms with Crippen LogP contribution in [0, 0.1) is 6.92 Å². The summed E-state index contributed by atoms with van der Waals surface area (Å²) < 4.78 is 5.22. The molecule has 0 aromatic heterocycles. The molecule has 1 heterocycles. The minimum Gasteiger partial charge on any atom is -0.497 e. The summed E-state index contributed by atoms with van der Waals surface area (Å²) in [6.45, 7) is 2.26. The van der Waals surface area contributed by atoms with Crippen molar-refractivity contribution in [1.29, 1.82) is 0 Å². The van der Waals surface area contributed by atoms with Crippen molar-refractivity contribution >= 4 is 52.1 Å². The van der Waals surface area contributed by atoms with E-state index < -0.39 is 6.04 Å². The molecule has 0 spiro atoms. The van der Waals surface area contributed by atoms with Crippen LogP contribution in [0.3, 0.4) is 0 Å². The van der Waals surface area contributed by atoms with Crippen LogP contribution in [0.2, 0.25) is 5.02 Å². The standard InChI is InChI=1S/C26H24ClN3O3S/c1-17-6-5-8-19(14-17)28-24(31)15-23-25(32)30(20-10-12-21(33-2)13-11-20)26(34)29(23)16-18-7-3-4-9-22(18)27/h3-14,23H,15-16H2,1-2H3,(H,28,31)/t23-/m1/s1. The van der Waals surface area contributed by atoms with Crippen molar-refractivity contribution < 1.29 is 14.3 Å². The van der Waals surface area contributed by atoms with Crippen LogP contribution in [0.25, 0.3) is 0 Å². The SMILES string of the molecule is COc1ccc(N2C(=O)[C@@H](CC(=O)Nc3cccc(C)c3)N(Cc3ccccc3Cl)C2=S)cc1. The number of methoxy groups -OCH3 is 1. The lowest BCUT2D eigenvalue weighted by Crippen LogP contribution is -2.37. The predicted octanol–water partition coefficient (Wildman–Crippen LogP) is 5.19. The van der Waals surface area contributed by atoms with Gasteiger partial charge < -0.3 is 15.0 Å². The van der Waals surface area contributed by atoms with E-state index in [9.17, 15) is 9.59 Å². The Labute approximate surface area is 209 Å². The third kappa shape index (κ3) is 5.05. The van der Waals surface area contributed by atoms with Gasteiger partial charge in [-0.3, -0.25) is 14.5 Å². The van der Waals surface area contributed by atoms with Crippen molar-refractivity contribution in [2.75, 3.05) is 17.3 Å². The third-order valence-corrected chi connectivity index (χ3v) is 6.41. The van der Waals surface area contributed by atoms with E-state index in [1.54, 1.807) is 42.3 Å². The molecule has 6 nitrogen and oxygen atoms in total. The van der Waals surface area contributed by atoms with Gasteiger partial charge in [-0.05, 0) is 72.7 Å². The van der Waals surface area contributed by atoms with E-state index in [1.165, 1.54) is 4.90 Å². The Bertz CT molecular complexity index is 1230. The number of carbonyl (C=O) groups is 2. The zero-order valence-electron chi connectivity index (χ0n) is 18.8. The highest BCUT2D eigenvalue weighted by Crippen LogP contribution is 2.31. The summed E-state index contributed by atoms with van der Waals surface area (Å²) >= 11 is 12.1. The lowest BCUT2D eigenvalue weighted by molar-refractivity contribution is -0.124. The van der Waals surface area contributed by atoms with Gasteiger partial charge in [0.05, 0.1) is 19.2 Å². The van der Waals surface area contributed by atoms with Crippen LogP contribution in [0.5, 0.6) is 5.75 Å². The number of nitrogens with zero attached hydrogens (tertiary/aromatic N) is 2. The van der Waals surface area contributed by atoms with Gasteiger partial charge in [0.2, 0.25) is 5.91 Å². The Morgan fingerprint density at radius 1 is 1.09 bits per heavy atom. The highest BCUT2D eigenvalue weighted by Gasteiger charge is 2.44. The van der Waals surface area contributed by atoms with Crippen LogP contribution in [0.4, 0.5) is 11.4 Å². The second-order valence-electron chi connectivity index (χ2n) is 8.01. The van der Waals surface area contributed by atoms with Gasteiger partial charge in [-0.25, -0.2) is 0 Å². The zero-order chi connectivity index (χ0) is 24.2. The Hall–Kier alpha value is -3.42. The number of rotatable bonds is 7. The van der Waals surface area contributed by atoms with Crippen LogP contribution < -0.4 is 15.0 Å². The average molecular weight is 494 g/mol. The van der Waals surface area contributed by atoms with Crippen LogP contribution in [-0.4, -0.2) is 35.0 Å². The molecule has 4 rings (SSSR count). The van der Waals surface area contributed by atoms with Gasteiger partial charge in [0.25, 0.3) is 5.91 Å². The lowest BCUT2D eigenvalue weighted by atomic mass is 10.1. The van der Waals surface area contributed by atoms with Gasteiger partial charge in [0.1, 0.15) is 11.8 Å². The van der Waals surface area contributed by atoms with Crippen molar-refractivity contribution in [3.8, 4) is 5.75 Å². The molecule has 2 amide bonds. The van der Waals surface area contributed by atoms with Gasteiger partial charge >= 0.3 is 0 Å². The summed E-state index contributed by atoms with van der Waals surface area (Å²) in [4.78, 5) is 29.7. The summed E-state index contributed by atoms with van der Waals surface area (Å²) in [6.07, 6.45) is -0.0516. The lowest BCUT2D eigenvalue weighted by Gasteiger charge is -2.24. The number of anilines is 2. The molecule has 1 fully saturated rings. The zero-order valence-corrected chi connectivity index (χ0v) is 20.4. The number of amides is 2. The summed E-state index contributed by atoms with van der Waals surface area (Å²) in [5.74, 6) is 0.137. The average Bonchev–Trinajstić information content (AvgIpc) is 3.04. The number of hydrogen-bond donors (Lipinski definition) is 1. The van der Waals surface area contributed by atoms with Crippen molar-refractivity contribution in [3.63, 3.8) is 0 Å². The van der Waals surface area contributed by atoms with E-state index in [1.807, 2.05) is 49.4 Å². The van der Waals surface area contributed by atoms with E-state index in [4.69, 9.17) is 28.6 Å². The first-order valence-electron chi connectivity index (χ1n) is 10.8. The normalized spacial score (nSPS) is 15.6. The summed E-state index contributed by atoms with van der Waals surface area (Å²) in [7, 11) is 1.58. The molecule has 34 heavy (non-hydrogen) atoms. The number of aryl methyl sites for hydroxylation is 1. The summed E-state index contributed by atoms with van der Waals surface area (Å²) in [5, 5.41) is 3.78. The van der Waals surface area contributed by atoms with Crippen molar-refractivity contribution in [3.05, 3.63) is 88.9 Å². The molecule has 1 N–H and O–H groups in total. The smallest absolute Gasteiger partial charge is 0.256 e. The van der Waals surface area contributed by atoms with Crippen LogP contribution in [0.1, 0.15) is 17.5 Å². The van der Waals surface area contributed by atoms with Gasteiger partial charge in [0.15, 0.2) is 5.11 Å². The van der Waals surface area contributed by atoms with Crippen LogP contribution in [0.15, 0.2) is 72.8 Å². The molecule has 1 aliphatic rings. The molecule has 1 saturated heterocycles. The van der Waals surface area contributed by atoms with Gasteiger partial charge in [-0.2, -0.15) is 0 Å². The van der Waals surface area contributed by atoms with Gasteiger partial charge in [-0.15, -0.1) is 0 Å². The highest BCUT2D eigenvalue weighted by molar-refractivity contribution is 7.80. The Balaban J connectivity index is 1.62. The molecule has 0 unspecified atom stereocenters. The Morgan fingerprint density at radius 2 is 1.82 bits per heavy atom. The maximum absolute atomic E-state index is 13.6. The van der Waals surface area contributed by atoms with Crippen molar-refractivity contribution in [2.24, 2.45) is 0 Å². The number of thiocarbonyl (C=S) groups is 1. The minimum atomic E-state index is -0.768. The van der Waals surface area contributed by atoms with E-state index in [2.05, 4.69) is 5.32 Å². The number of hydrogen-bond acceptors (Lipinski definition) is 4. The molecule has 1 atom stereocenters. The van der Waals surface area contributed by atoms with Crippen molar-refractivity contribution in [2.45, 2.75) is 25.9 Å². The fraction of sp³-hybridized carbons (Fsp3) is 0.192. The largest absolute Gasteiger partial charge is 0.497 e. The maximum Gasteiger partial charge on any atom is 0.256 e. The number of benzene rings is 3. The first-order valence-corrected chi connectivity index (χ1v) is 11.5. The number of ether oxygens (including phenoxy) is 1. The fourth-order valence-electron chi connectivity index (χ4n) is 3.90. The Morgan fingerprint density at radius 3 is 2.50 bits per heavy atom. The van der Waals surface area contributed by atoms with Gasteiger partial charge in [0, 0.05) is 17.3 Å². The quantitative estimate of drug-likeness (QED) is 0.459. The molecule has 1 aliphatic heterocycles. The minimum absolute atomic E-state index is 0.0516. The van der Waals surface area contributed by atoms with Crippen molar-refractivity contribution in [1.82, 2.24) is 4.90 Å². The molecule has 174 valence electrons. The molecule has 0 radical (unpaired) electrons. The second-order valence-corrected chi connectivity index (χ2v) is 8.78. The topological polar surface area (TPSA) is 61.9 Å². The monoisotopic (exact) mass is 493 g/mol. The highest BCUT2D eigenvalue weighted by atomic mass is 35.5. The first-order chi connectivity index (χ1) is 16.4.